The quantitative estimate of drug-likeness (QED) is 0.745. The van der Waals surface area contributed by atoms with Gasteiger partial charge in [-0.3, -0.25) is 9.59 Å². The van der Waals surface area contributed by atoms with Gasteiger partial charge >= 0.3 is 0 Å². The van der Waals surface area contributed by atoms with Crippen LogP contribution in [-0.2, 0) is 16.0 Å². The second-order valence-corrected chi connectivity index (χ2v) is 7.22. The molecule has 3 rings (SSSR count). The molecule has 1 heterocycles. The first-order chi connectivity index (χ1) is 14.0. The lowest BCUT2D eigenvalue weighted by Crippen LogP contribution is -2.36. The van der Waals surface area contributed by atoms with Crippen molar-refractivity contribution in [2.45, 2.75) is 25.8 Å². The molecule has 2 amide bonds. The Morgan fingerprint density at radius 3 is 2.17 bits per heavy atom. The maximum atomic E-state index is 12.9. The van der Waals surface area contributed by atoms with Gasteiger partial charge in [-0.15, -0.1) is 0 Å². The second-order valence-electron chi connectivity index (χ2n) is 7.22. The third-order valence-corrected chi connectivity index (χ3v) is 5.40. The summed E-state index contributed by atoms with van der Waals surface area (Å²) in [6.45, 7) is 3.05. The molecule has 1 saturated heterocycles. The van der Waals surface area contributed by atoms with Gasteiger partial charge in [-0.2, -0.15) is 0 Å². The molecule has 1 N–H and O–H groups in total. The Kier molecular flexibility index (Phi) is 6.75. The molecule has 2 aromatic rings. The highest BCUT2D eigenvalue weighted by atomic mass is 16.5. The van der Waals surface area contributed by atoms with Crippen LogP contribution in [0.1, 0.15) is 30.5 Å². The van der Waals surface area contributed by atoms with Crippen molar-refractivity contribution in [3.63, 3.8) is 0 Å². The minimum atomic E-state index is -0.306. The third-order valence-electron chi connectivity index (χ3n) is 5.40. The third kappa shape index (κ3) is 5.08. The fraction of sp³-hybridized carbons (Fsp3) is 0.391. The Bertz CT molecular complexity index is 833. The number of ether oxygens (including phenoxy) is 2. The van der Waals surface area contributed by atoms with Crippen molar-refractivity contribution < 1.29 is 19.1 Å². The maximum Gasteiger partial charge on any atom is 0.225 e. The summed E-state index contributed by atoms with van der Waals surface area (Å²) >= 11 is 0. The zero-order valence-electron chi connectivity index (χ0n) is 17.2. The zero-order valence-corrected chi connectivity index (χ0v) is 17.2. The number of hydrogen-bond donors (Lipinski definition) is 1. The number of rotatable bonds is 8. The van der Waals surface area contributed by atoms with Gasteiger partial charge in [0.05, 0.1) is 26.2 Å². The molecular formula is C23H28N2O4. The van der Waals surface area contributed by atoms with Gasteiger partial charge in [0.15, 0.2) is 0 Å². The van der Waals surface area contributed by atoms with Crippen LogP contribution >= 0.6 is 0 Å². The van der Waals surface area contributed by atoms with Gasteiger partial charge in [-0.25, -0.2) is 0 Å². The van der Waals surface area contributed by atoms with E-state index >= 15 is 0 Å². The average Bonchev–Trinajstić information content (AvgIpc) is 3.14. The molecule has 29 heavy (non-hydrogen) atoms. The highest BCUT2D eigenvalue weighted by Crippen LogP contribution is 2.25. The number of nitrogens with zero attached hydrogens (tertiary/aromatic N) is 1. The van der Waals surface area contributed by atoms with E-state index in [0.717, 1.165) is 22.6 Å². The molecule has 0 aromatic heterocycles. The van der Waals surface area contributed by atoms with E-state index in [9.17, 15) is 9.59 Å². The molecule has 1 aliphatic rings. The lowest BCUT2D eigenvalue weighted by Gasteiger charge is -2.22. The lowest BCUT2D eigenvalue weighted by atomic mass is 9.97. The van der Waals surface area contributed by atoms with E-state index in [1.165, 1.54) is 0 Å². The predicted octanol–water partition coefficient (Wildman–Crippen LogP) is 2.97. The second kappa shape index (κ2) is 9.45. The van der Waals surface area contributed by atoms with Crippen molar-refractivity contribution in [2.24, 2.45) is 5.92 Å². The van der Waals surface area contributed by atoms with E-state index in [2.05, 4.69) is 5.32 Å². The number of likely N-dealkylation sites (tertiary alicyclic amines) is 1. The summed E-state index contributed by atoms with van der Waals surface area (Å²) in [6.07, 6.45) is 0.914. The highest BCUT2D eigenvalue weighted by molar-refractivity contribution is 5.89. The maximum absolute atomic E-state index is 12.9. The number of amides is 2. The van der Waals surface area contributed by atoms with Crippen LogP contribution in [0.2, 0.25) is 0 Å². The van der Waals surface area contributed by atoms with Gasteiger partial charge < -0.3 is 19.7 Å². The molecule has 2 aromatic carbocycles. The normalized spacial score (nSPS) is 17.1. The Morgan fingerprint density at radius 1 is 1.07 bits per heavy atom. The topological polar surface area (TPSA) is 67.9 Å². The molecule has 0 aliphatic carbocycles. The lowest BCUT2D eigenvalue weighted by molar-refractivity contribution is -0.129. The van der Waals surface area contributed by atoms with Crippen LogP contribution < -0.4 is 14.8 Å². The van der Waals surface area contributed by atoms with Crippen LogP contribution in [0.25, 0.3) is 0 Å². The molecule has 1 aliphatic heterocycles. The molecular weight excluding hydrogens is 368 g/mol. The Hall–Kier alpha value is -3.02. The number of carbonyl (C=O) groups excluding carboxylic acids is 2. The molecule has 0 radical (unpaired) electrons. The number of hydrogen-bond acceptors (Lipinski definition) is 4. The number of methoxy groups -OCH3 is 2. The minimum absolute atomic E-state index is 0.0452. The summed E-state index contributed by atoms with van der Waals surface area (Å²) in [5.74, 6) is 1.22. The molecule has 0 spiro atoms. The summed E-state index contributed by atoms with van der Waals surface area (Å²) in [5, 5.41) is 3.17. The monoisotopic (exact) mass is 396 g/mol. The SMILES string of the molecule is CCN1C[C@H](C(=O)N[C@H](Cc2ccc(OC)cc2)c2ccc(OC)cc2)CC1=O. The van der Waals surface area contributed by atoms with Gasteiger partial charge in [-0.1, -0.05) is 24.3 Å². The first kappa shape index (κ1) is 20.7. The first-order valence-corrected chi connectivity index (χ1v) is 9.89. The van der Waals surface area contributed by atoms with Crippen molar-refractivity contribution in [3.8, 4) is 11.5 Å². The van der Waals surface area contributed by atoms with Crippen LogP contribution in [0, 0.1) is 5.92 Å². The standard InChI is InChI=1S/C23H28N2O4/c1-4-25-15-18(14-22(25)26)23(27)24-21(17-7-11-20(29-3)12-8-17)13-16-5-9-19(28-2)10-6-16/h5-12,18,21H,4,13-15H2,1-3H3,(H,24,27)/t18-,21-/m1/s1. The fourth-order valence-corrected chi connectivity index (χ4v) is 3.63. The van der Waals surface area contributed by atoms with Gasteiger partial charge in [0.1, 0.15) is 11.5 Å². The summed E-state index contributed by atoms with van der Waals surface area (Å²) in [7, 11) is 3.26. The Balaban J connectivity index is 1.77. The average molecular weight is 396 g/mol. The summed E-state index contributed by atoms with van der Waals surface area (Å²) < 4.78 is 10.5. The van der Waals surface area contributed by atoms with Crippen LogP contribution in [-0.4, -0.2) is 44.0 Å². The molecule has 6 nitrogen and oxygen atoms in total. The number of carbonyl (C=O) groups is 2. The van der Waals surface area contributed by atoms with Crippen molar-refractivity contribution in [1.82, 2.24) is 10.2 Å². The molecule has 154 valence electrons. The molecule has 0 saturated carbocycles. The predicted molar refractivity (Wildman–Crippen MR) is 111 cm³/mol. The number of nitrogens with one attached hydrogen (secondary N) is 1. The van der Waals surface area contributed by atoms with Crippen molar-refractivity contribution >= 4 is 11.8 Å². The first-order valence-electron chi connectivity index (χ1n) is 9.89. The van der Waals surface area contributed by atoms with Crippen molar-refractivity contribution in [2.75, 3.05) is 27.3 Å². The van der Waals surface area contributed by atoms with Crippen LogP contribution in [0.15, 0.2) is 48.5 Å². The summed E-state index contributed by atoms with van der Waals surface area (Å²) in [6, 6.07) is 15.3. The van der Waals surface area contributed by atoms with E-state index in [4.69, 9.17) is 9.47 Å². The molecule has 2 atom stereocenters. The van der Waals surface area contributed by atoms with Crippen LogP contribution in [0.4, 0.5) is 0 Å². The Morgan fingerprint density at radius 2 is 1.66 bits per heavy atom. The molecule has 0 bridgehead atoms. The van der Waals surface area contributed by atoms with Crippen LogP contribution in [0.5, 0.6) is 11.5 Å². The van der Waals surface area contributed by atoms with Gasteiger partial charge in [-0.05, 0) is 48.7 Å². The van der Waals surface area contributed by atoms with E-state index in [0.29, 0.717) is 19.5 Å². The largest absolute Gasteiger partial charge is 0.497 e. The molecule has 1 fully saturated rings. The van der Waals surface area contributed by atoms with E-state index in [1.54, 1.807) is 19.1 Å². The summed E-state index contributed by atoms with van der Waals surface area (Å²) in [4.78, 5) is 26.7. The van der Waals surface area contributed by atoms with E-state index < -0.39 is 0 Å². The smallest absolute Gasteiger partial charge is 0.225 e. The van der Waals surface area contributed by atoms with Crippen molar-refractivity contribution in [3.05, 3.63) is 59.7 Å². The van der Waals surface area contributed by atoms with Gasteiger partial charge in [0.25, 0.3) is 0 Å². The Labute approximate surface area is 171 Å². The van der Waals surface area contributed by atoms with Crippen LogP contribution in [0.3, 0.4) is 0 Å². The fourth-order valence-electron chi connectivity index (χ4n) is 3.63. The summed E-state index contributed by atoms with van der Waals surface area (Å²) in [5.41, 5.74) is 2.08. The van der Waals surface area contributed by atoms with E-state index in [-0.39, 0.29) is 30.2 Å². The van der Waals surface area contributed by atoms with Gasteiger partial charge in [0, 0.05) is 19.5 Å². The highest BCUT2D eigenvalue weighted by Gasteiger charge is 2.34. The van der Waals surface area contributed by atoms with Crippen molar-refractivity contribution in [1.29, 1.82) is 0 Å². The van der Waals surface area contributed by atoms with E-state index in [1.807, 2.05) is 55.5 Å². The number of benzene rings is 2. The van der Waals surface area contributed by atoms with Gasteiger partial charge in [0.2, 0.25) is 11.8 Å². The molecule has 0 unspecified atom stereocenters. The zero-order chi connectivity index (χ0) is 20.8. The minimum Gasteiger partial charge on any atom is -0.497 e. The molecule has 6 heteroatoms.